The largest absolute Gasteiger partial charge is 0.466 e. The molecule has 13 heavy (non-hydrogen) atoms. The second kappa shape index (κ2) is 7.58. The van der Waals surface area contributed by atoms with Gasteiger partial charge in [-0.1, -0.05) is 6.92 Å². The number of carbonyl (C=O) groups is 2. The van der Waals surface area contributed by atoms with Gasteiger partial charge in [-0.2, -0.15) is 0 Å². The minimum Gasteiger partial charge on any atom is -0.466 e. The molecule has 0 fully saturated rings. The third-order valence-corrected chi connectivity index (χ3v) is 1.27. The molecule has 0 heterocycles. The summed E-state index contributed by atoms with van der Waals surface area (Å²) in [6, 6.07) is 0. The first-order valence-electron chi connectivity index (χ1n) is 4.22. The van der Waals surface area contributed by atoms with Crippen molar-refractivity contribution in [2.24, 2.45) is 0 Å². The van der Waals surface area contributed by atoms with Crippen LogP contribution in [0, 0.1) is 6.92 Å². The van der Waals surface area contributed by atoms with Crippen molar-refractivity contribution < 1.29 is 19.1 Å². The molecule has 0 aliphatic carbocycles. The van der Waals surface area contributed by atoms with Gasteiger partial charge < -0.3 is 9.47 Å². The minimum atomic E-state index is -0.443. The molecule has 0 saturated heterocycles. The molecule has 0 aliphatic heterocycles. The molecule has 0 unspecified atom stereocenters. The molecule has 0 aromatic carbocycles. The maximum Gasteiger partial charge on any atom is 0.306 e. The average Bonchev–Trinajstić information content (AvgIpc) is 2.16. The lowest BCUT2D eigenvalue weighted by atomic mass is 10.4. The highest BCUT2D eigenvalue weighted by Gasteiger charge is 1.99. The maximum atomic E-state index is 10.6. The van der Waals surface area contributed by atoms with E-state index in [-0.39, 0.29) is 25.6 Å². The Balaban J connectivity index is 3.17. The Labute approximate surface area is 78.2 Å². The fourth-order valence-corrected chi connectivity index (χ4v) is 0.592. The number of esters is 2. The second-order valence-corrected chi connectivity index (χ2v) is 2.35. The first-order chi connectivity index (χ1) is 6.20. The van der Waals surface area contributed by atoms with Crippen LogP contribution in [0.1, 0.15) is 26.2 Å². The summed E-state index contributed by atoms with van der Waals surface area (Å²) in [5.74, 6) is -0.688. The molecule has 0 aliphatic rings. The quantitative estimate of drug-likeness (QED) is 0.458. The molecule has 0 amide bonds. The van der Waals surface area contributed by atoms with Gasteiger partial charge in [0.05, 0.1) is 13.2 Å². The SMILES string of the molecule is [CH]CC(=O)OCCCOC(=O)CC. The number of ether oxygens (including phenoxy) is 2. The molecular formula is C9H14O4. The van der Waals surface area contributed by atoms with E-state index in [4.69, 9.17) is 11.7 Å². The average molecular weight is 186 g/mol. The van der Waals surface area contributed by atoms with Gasteiger partial charge in [0.1, 0.15) is 0 Å². The molecule has 0 aromatic rings. The van der Waals surface area contributed by atoms with Crippen LogP contribution >= 0.6 is 0 Å². The van der Waals surface area contributed by atoms with Crippen LogP contribution in [0.15, 0.2) is 0 Å². The van der Waals surface area contributed by atoms with Crippen molar-refractivity contribution >= 4 is 11.9 Å². The first kappa shape index (κ1) is 11.9. The van der Waals surface area contributed by atoms with E-state index in [1.54, 1.807) is 6.92 Å². The fourth-order valence-electron chi connectivity index (χ4n) is 0.592. The van der Waals surface area contributed by atoms with Crippen LogP contribution in [0.25, 0.3) is 0 Å². The monoisotopic (exact) mass is 186 g/mol. The molecule has 0 N–H and O–H groups in total. The fraction of sp³-hybridized carbons (Fsp3) is 0.667. The third kappa shape index (κ3) is 7.31. The van der Waals surface area contributed by atoms with Crippen LogP contribution < -0.4 is 0 Å². The summed E-state index contributed by atoms with van der Waals surface area (Å²) in [7, 11) is 0. The van der Waals surface area contributed by atoms with Crippen LogP contribution in [0.3, 0.4) is 0 Å². The zero-order chi connectivity index (χ0) is 10.1. The molecule has 0 atom stereocenters. The predicted octanol–water partition coefficient (Wildman–Crippen LogP) is 0.974. The van der Waals surface area contributed by atoms with Gasteiger partial charge in [-0.3, -0.25) is 9.59 Å². The van der Waals surface area contributed by atoms with Crippen molar-refractivity contribution in [1.29, 1.82) is 0 Å². The van der Waals surface area contributed by atoms with Crippen LogP contribution in [0.2, 0.25) is 0 Å². The molecule has 0 spiro atoms. The van der Waals surface area contributed by atoms with E-state index in [1.165, 1.54) is 0 Å². The van der Waals surface area contributed by atoms with Crippen LogP contribution in [0.4, 0.5) is 0 Å². The predicted molar refractivity (Wildman–Crippen MR) is 45.7 cm³/mol. The molecule has 74 valence electrons. The second-order valence-electron chi connectivity index (χ2n) is 2.35. The number of hydrogen-bond acceptors (Lipinski definition) is 4. The molecule has 0 aromatic heterocycles. The summed E-state index contributed by atoms with van der Waals surface area (Å²) in [6.07, 6.45) is 0.759. The topological polar surface area (TPSA) is 52.6 Å². The Hall–Kier alpha value is -1.06. The number of rotatable bonds is 6. The molecule has 4 heteroatoms. The van der Waals surface area contributed by atoms with Gasteiger partial charge in [0.2, 0.25) is 0 Å². The lowest BCUT2D eigenvalue weighted by Crippen LogP contribution is -2.09. The van der Waals surface area contributed by atoms with E-state index < -0.39 is 5.97 Å². The molecule has 0 rings (SSSR count). The Morgan fingerprint density at radius 3 is 2.15 bits per heavy atom. The highest BCUT2D eigenvalue weighted by molar-refractivity contribution is 5.69. The molecule has 2 radical (unpaired) electrons. The minimum absolute atomic E-state index is 0.116. The Morgan fingerprint density at radius 1 is 1.15 bits per heavy atom. The number of carbonyl (C=O) groups excluding carboxylic acids is 2. The molecule has 4 nitrogen and oxygen atoms in total. The standard InChI is InChI=1S/C9H14O4/c1-3-8(10)12-6-5-7-13-9(11)4-2/h1H,3-7H2,2H3. The molecular weight excluding hydrogens is 172 g/mol. The third-order valence-electron chi connectivity index (χ3n) is 1.27. The van der Waals surface area contributed by atoms with Crippen molar-refractivity contribution in [3.05, 3.63) is 6.92 Å². The summed E-state index contributed by atoms with van der Waals surface area (Å²) < 4.78 is 9.40. The van der Waals surface area contributed by atoms with E-state index >= 15 is 0 Å². The summed E-state index contributed by atoms with van der Waals surface area (Å²) in [4.78, 5) is 21.1. The van der Waals surface area contributed by atoms with Crippen LogP contribution in [0.5, 0.6) is 0 Å². The van der Waals surface area contributed by atoms with Crippen molar-refractivity contribution in [3.63, 3.8) is 0 Å². The smallest absolute Gasteiger partial charge is 0.306 e. The van der Waals surface area contributed by atoms with E-state index in [2.05, 4.69) is 4.74 Å². The van der Waals surface area contributed by atoms with Gasteiger partial charge >= 0.3 is 11.9 Å². The van der Waals surface area contributed by atoms with Gasteiger partial charge in [0.15, 0.2) is 0 Å². The van der Waals surface area contributed by atoms with E-state index in [0.29, 0.717) is 12.8 Å². The van der Waals surface area contributed by atoms with Crippen molar-refractivity contribution in [2.75, 3.05) is 13.2 Å². The van der Waals surface area contributed by atoms with Gasteiger partial charge in [0.25, 0.3) is 0 Å². The van der Waals surface area contributed by atoms with E-state index in [0.717, 1.165) is 0 Å². The van der Waals surface area contributed by atoms with Crippen molar-refractivity contribution in [3.8, 4) is 0 Å². The van der Waals surface area contributed by atoms with Crippen molar-refractivity contribution in [2.45, 2.75) is 26.2 Å². The van der Waals surface area contributed by atoms with Gasteiger partial charge in [-0.15, -0.1) is 0 Å². The highest BCUT2D eigenvalue weighted by Crippen LogP contribution is 1.90. The first-order valence-corrected chi connectivity index (χ1v) is 4.22. The Morgan fingerprint density at radius 2 is 1.69 bits per heavy atom. The summed E-state index contributed by atoms with van der Waals surface area (Å²) in [5, 5.41) is 0. The van der Waals surface area contributed by atoms with E-state index in [9.17, 15) is 9.59 Å². The zero-order valence-electron chi connectivity index (χ0n) is 7.75. The Bertz CT molecular complexity index is 147. The van der Waals surface area contributed by atoms with Crippen LogP contribution in [-0.2, 0) is 19.1 Å². The lowest BCUT2D eigenvalue weighted by Gasteiger charge is -2.03. The van der Waals surface area contributed by atoms with Crippen molar-refractivity contribution in [1.82, 2.24) is 0 Å². The van der Waals surface area contributed by atoms with Gasteiger partial charge in [-0.05, 0) is 6.92 Å². The number of hydrogen-bond donors (Lipinski definition) is 0. The van der Waals surface area contributed by atoms with E-state index in [1.807, 2.05) is 0 Å². The zero-order valence-corrected chi connectivity index (χ0v) is 7.75. The summed E-state index contributed by atoms with van der Waals surface area (Å²) in [5.41, 5.74) is 0. The van der Waals surface area contributed by atoms with Gasteiger partial charge in [-0.25, -0.2) is 0 Å². The van der Waals surface area contributed by atoms with Crippen LogP contribution in [-0.4, -0.2) is 25.2 Å². The lowest BCUT2D eigenvalue weighted by molar-refractivity contribution is -0.145. The van der Waals surface area contributed by atoms with Gasteiger partial charge in [0, 0.05) is 19.3 Å². The summed E-state index contributed by atoms with van der Waals surface area (Å²) in [6.45, 7) is 7.24. The Kier molecular flexibility index (Phi) is 6.96. The molecule has 0 saturated carbocycles. The molecule has 0 bridgehead atoms. The summed E-state index contributed by atoms with van der Waals surface area (Å²) >= 11 is 0. The highest BCUT2D eigenvalue weighted by atomic mass is 16.5. The normalized spacial score (nSPS) is 9.38. The maximum absolute atomic E-state index is 10.6.